The number of aryl methyl sites for hydroxylation is 1. The molecule has 2 heterocycles. The fraction of sp³-hybridized carbons (Fsp3) is 0.308. The third-order valence-electron chi connectivity index (χ3n) is 2.82. The van der Waals surface area contributed by atoms with Crippen molar-refractivity contribution < 1.29 is 8.42 Å². The number of hydrogen-bond donors (Lipinski definition) is 2. The van der Waals surface area contributed by atoms with Crippen LogP contribution in [0.4, 0.5) is 5.82 Å². The van der Waals surface area contributed by atoms with E-state index < -0.39 is 10.0 Å². The summed E-state index contributed by atoms with van der Waals surface area (Å²) in [6.07, 6.45) is 1.57. The van der Waals surface area contributed by atoms with Gasteiger partial charge in [0, 0.05) is 19.3 Å². The number of rotatable bonds is 6. The van der Waals surface area contributed by atoms with Crippen LogP contribution in [0.15, 0.2) is 34.0 Å². The lowest BCUT2D eigenvalue weighted by molar-refractivity contribution is 0.581. The zero-order valence-corrected chi connectivity index (χ0v) is 13.0. The molecule has 0 atom stereocenters. The Morgan fingerprint density at radius 3 is 2.80 bits per heavy atom. The first kappa shape index (κ1) is 15.0. The molecule has 2 aromatic heterocycles. The molecule has 20 heavy (non-hydrogen) atoms. The SMILES string of the molecule is CCNc1ncccc1S(=O)(=O)NCc1cscc1C. The van der Waals surface area contributed by atoms with Gasteiger partial charge in [0.25, 0.3) is 0 Å². The molecule has 0 aliphatic rings. The van der Waals surface area contributed by atoms with Gasteiger partial charge in [0.05, 0.1) is 0 Å². The number of anilines is 1. The quantitative estimate of drug-likeness (QED) is 0.859. The van der Waals surface area contributed by atoms with Crippen LogP contribution in [0.25, 0.3) is 0 Å². The van der Waals surface area contributed by atoms with Crippen LogP contribution in [-0.4, -0.2) is 19.9 Å². The number of sulfonamides is 1. The Labute approximate surface area is 123 Å². The van der Waals surface area contributed by atoms with Gasteiger partial charge in [0.2, 0.25) is 10.0 Å². The molecule has 0 aliphatic heterocycles. The predicted molar refractivity (Wildman–Crippen MR) is 81.5 cm³/mol. The minimum absolute atomic E-state index is 0.176. The number of aromatic nitrogens is 1. The minimum atomic E-state index is -3.58. The molecule has 0 saturated carbocycles. The molecular weight excluding hydrogens is 294 g/mol. The average molecular weight is 311 g/mol. The molecule has 0 saturated heterocycles. The molecule has 5 nitrogen and oxygen atoms in total. The Balaban J connectivity index is 2.20. The maximum absolute atomic E-state index is 12.3. The smallest absolute Gasteiger partial charge is 0.244 e. The molecule has 0 aliphatic carbocycles. The van der Waals surface area contributed by atoms with Crippen molar-refractivity contribution in [2.75, 3.05) is 11.9 Å². The monoisotopic (exact) mass is 311 g/mol. The number of nitrogens with one attached hydrogen (secondary N) is 2. The number of pyridine rings is 1. The Morgan fingerprint density at radius 2 is 2.15 bits per heavy atom. The third-order valence-corrected chi connectivity index (χ3v) is 5.16. The van der Waals surface area contributed by atoms with E-state index >= 15 is 0 Å². The Bertz CT molecular complexity index is 680. The number of hydrogen-bond acceptors (Lipinski definition) is 5. The summed E-state index contributed by atoms with van der Waals surface area (Å²) in [7, 11) is -3.58. The summed E-state index contributed by atoms with van der Waals surface area (Å²) in [5.74, 6) is 0.379. The molecule has 0 radical (unpaired) electrons. The van der Waals surface area contributed by atoms with Crippen molar-refractivity contribution in [1.82, 2.24) is 9.71 Å². The molecule has 108 valence electrons. The molecule has 2 N–H and O–H groups in total. The number of thiophene rings is 1. The van der Waals surface area contributed by atoms with Gasteiger partial charge in [-0.15, -0.1) is 0 Å². The van der Waals surface area contributed by atoms with Gasteiger partial charge in [-0.3, -0.25) is 0 Å². The van der Waals surface area contributed by atoms with Gasteiger partial charge < -0.3 is 5.32 Å². The first-order valence-electron chi connectivity index (χ1n) is 6.25. The summed E-state index contributed by atoms with van der Waals surface area (Å²) >= 11 is 1.56. The highest BCUT2D eigenvalue weighted by Gasteiger charge is 2.19. The van der Waals surface area contributed by atoms with Crippen LogP contribution in [0.2, 0.25) is 0 Å². The Hall–Kier alpha value is -1.44. The lowest BCUT2D eigenvalue weighted by atomic mass is 10.2. The van der Waals surface area contributed by atoms with Gasteiger partial charge in [-0.25, -0.2) is 18.1 Å². The van der Waals surface area contributed by atoms with Gasteiger partial charge in [0.1, 0.15) is 10.7 Å². The second-order valence-corrected chi connectivity index (χ2v) is 6.76. The predicted octanol–water partition coefficient (Wildman–Crippen LogP) is 2.36. The van der Waals surface area contributed by atoms with Gasteiger partial charge >= 0.3 is 0 Å². The lowest BCUT2D eigenvalue weighted by Crippen LogP contribution is -2.24. The van der Waals surface area contributed by atoms with E-state index in [4.69, 9.17) is 0 Å². The molecule has 7 heteroatoms. The highest BCUT2D eigenvalue weighted by atomic mass is 32.2. The summed E-state index contributed by atoms with van der Waals surface area (Å²) in [5, 5.41) is 6.91. The van der Waals surface area contributed by atoms with Crippen LogP contribution in [0.3, 0.4) is 0 Å². The van der Waals surface area contributed by atoms with Crippen molar-refractivity contribution in [3.05, 3.63) is 40.2 Å². The highest BCUT2D eigenvalue weighted by Crippen LogP contribution is 2.19. The van der Waals surface area contributed by atoms with Gasteiger partial charge in [0.15, 0.2) is 0 Å². The maximum atomic E-state index is 12.3. The van der Waals surface area contributed by atoms with E-state index in [0.29, 0.717) is 12.4 Å². The fourth-order valence-electron chi connectivity index (χ4n) is 1.73. The van der Waals surface area contributed by atoms with Crippen LogP contribution in [0.5, 0.6) is 0 Å². The van der Waals surface area contributed by atoms with Crippen molar-refractivity contribution in [1.29, 1.82) is 0 Å². The number of nitrogens with zero attached hydrogens (tertiary/aromatic N) is 1. The first-order chi connectivity index (χ1) is 9.54. The fourth-order valence-corrected chi connectivity index (χ4v) is 3.72. The van der Waals surface area contributed by atoms with E-state index in [0.717, 1.165) is 11.1 Å². The summed E-state index contributed by atoms with van der Waals surface area (Å²) in [6, 6.07) is 3.17. The van der Waals surface area contributed by atoms with Crippen LogP contribution >= 0.6 is 11.3 Å². The Kier molecular flexibility index (Phi) is 4.74. The molecule has 0 aromatic carbocycles. The second kappa shape index (κ2) is 6.34. The van der Waals surface area contributed by atoms with E-state index in [1.165, 1.54) is 0 Å². The first-order valence-corrected chi connectivity index (χ1v) is 8.67. The zero-order chi connectivity index (χ0) is 14.6. The normalized spacial score (nSPS) is 11.5. The summed E-state index contributed by atoms with van der Waals surface area (Å²) in [6.45, 7) is 4.77. The highest BCUT2D eigenvalue weighted by molar-refractivity contribution is 7.89. The van der Waals surface area contributed by atoms with E-state index in [1.807, 2.05) is 24.6 Å². The van der Waals surface area contributed by atoms with E-state index in [9.17, 15) is 8.42 Å². The van der Waals surface area contributed by atoms with Crippen molar-refractivity contribution in [2.45, 2.75) is 25.3 Å². The molecule has 0 unspecified atom stereocenters. The van der Waals surface area contributed by atoms with Crippen LogP contribution in [0, 0.1) is 6.92 Å². The van der Waals surface area contributed by atoms with Gasteiger partial charge in [-0.05, 0) is 47.9 Å². The summed E-state index contributed by atoms with van der Waals surface area (Å²) < 4.78 is 27.3. The standard InChI is InChI=1S/C13H17N3O2S2/c1-3-14-13-12(5-4-6-15-13)20(17,18)16-7-11-9-19-8-10(11)2/h4-6,8-9,16H,3,7H2,1-2H3,(H,14,15). The van der Waals surface area contributed by atoms with E-state index in [2.05, 4.69) is 15.0 Å². The molecule has 0 fully saturated rings. The Morgan fingerprint density at radius 1 is 1.35 bits per heavy atom. The largest absolute Gasteiger partial charge is 0.369 e. The lowest BCUT2D eigenvalue weighted by Gasteiger charge is -2.11. The van der Waals surface area contributed by atoms with Crippen LogP contribution < -0.4 is 10.0 Å². The summed E-state index contributed by atoms with van der Waals surface area (Å²) in [4.78, 5) is 4.24. The molecular formula is C13H17N3O2S2. The maximum Gasteiger partial charge on any atom is 0.244 e. The summed E-state index contributed by atoms with van der Waals surface area (Å²) in [5.41, 5.74) is 2.09. The zero-order valence-electron chi connectivity index (χ0n) is 11.4. The second-order valence-electron chi connectivity index (χ2n) is 4.29. The van der Waals surface area contributed by atoms with Crippen LogP contribution in [0.1, 0.15) is 18.1 Å². The molecule has 0 bridgehead atoms. The van der Waals surface area contributed by atoms with Gasteiger partial charge in [-0.1, -0.05) is 0 Å². The van der Waals surface area contributed by atoms with E-state index in [-0.39, 0.29) is 11.4 Å². The topological polar surface area (TPSA) is 71.1 Å². The average Bonchev–Trinajstić information content (AvgIpc) is 2.83. The van der Waals surface area contributed by atoms with Crippen molar-refractivity contribution in [3.8, 4) is 0 Å². The van der Waals surface area contributed by atoms with Crippen molar-refractivity contribution in [2.24, 2.45) is 0 Å². The molecule has 0 amide bonds. The van der Waals surface area contributed by atoms with Crippen LogP contribution in [-0.2, 0) is 16.6 Å². The van der Waals surface area contributed by atoms with Gasteiger partial charge in [-0.2, -0.15) is 11.3 Å². The van der Waals surface area contributed by atoms with E-state index in [1.54, 1.807) is 29.7 Å². The molecule has 2 aromatic rings. The molecule has 2 rings (SSSR count). The molecule has 0 spiro atoms. The van der Waals surface area contributed by atoms with Crippen molar-refractivity contribution >= 4 is 27.2 Å². The van der Waals surface area contributed by atoms with Crippen molar-refractivity contribution in [3.63, 3.8) is 0 Å². The third kappa shape index (κ3) is 3.36. The minimum Gasteiger partial charge on any atom is -0.369 e.